The fourth-order valence-corrected chi connectivity index (χ4v) is 2.23. The van der Waals surface area contributed by atoms with E-state index in [0.29, 0.717) is 17.3 Å². The summed E-state index contributed by atoms with van der Waals surface area (Å²) in [6.45, 7) is 1.94. The number of nitro groups is 1. The Morgan fingerprint density at radius 2 is 2.38 bits per heavy atom. The van der Waals surface area contributed by atoms with Crippen molar-refractivity contribution in [1.29, 1.82) is 0 Å². The molecule has 0 atom stereocenters. The first kappa shape index (κ1) is 10.6. The van der Waals surface area contributed by atoms with Crippen LogP contribution in [0.15, 0.2) is 16.5 Å². The third-order valence-corrected chi connectivity index (χ3v) is 2.99. The SMILES string of the molecule is CCc1nc(N)sc1-c1ccc([N+](=O)[O-])o1. The Kier molecular flexibility index (Phi) is 2.61. The van der Waals surface area contributed by atoms with Crippen LogP contribution in [0.3, 0.4) is 0 Å². The monoisotopic (exact) mass is 239 g/mol. The largest absolute Gasteiger partial charge is 0.433 e. The van der Waals surface area contributed by atoms with E-state index in [9.17, 15) is 10.1 Å². The average Bonchev–Trinajstić information content (AvgIpc) is 2.82. The fourth-order valence-electron chi connectivity index (χ4n) is 1.35. The van der Waals surface area contributed by atoms with E-state index in [4.69, 9.17) is 10.2 Å². The Bertz CT molecular complexity index is 532. The molecular formula is C9H9N3O3S. The number of anilines is 1. The topological polar surface area (TPSA) is 95.2 Å². The van der Waals surface area contributed by atoms with Crippen LogP contribution in [0.4, 0.5) is 11.0 Å². The molecule has 0 aliphatic rings. The molecule has 0 aromatic carbocycles. The minimum Gasteiger partial charge on any atom is -0.400 e. The third kappa shape index (κ3) is 1.76. The average molecular weight is 239 g/mol. The number of nitrogens with zero attached hydrogens (tertiary/aromatic N) is 2. The molecule has 84 valence electrons. The maximum Gasteiger partial charge on any atom is 0.433 e. The molecular weight excluding hydrogens is 230 g/mol. The third-order valence-electron chi connectivity index (χ3n) is 2.04. The quantitative estimate of drug-likeness (QED) is 0.655. The van der Waals surface area contributed by atoms with Crippen molar-refractivity contribution in [3.05, 3.63) is 27.9 Å². The molecule has 0 saturated carbocycles. The molecule has 0 radical (unpaired) electrons. The Morgan fingerprint density at radius 3 is 2.94 bits per heavy atom. The Morgan fingerprint density at radius 1 is 1.62 bits per heavy atom. The van der Waals surface area contributed by atoms with Crippen LogP contribution in [-0.4, -0.2) is 9.91 Å². The van der Waals surface area contributed by atoms with Crippen LogP contribution in [0.25, 0.3) is 10.6 Å². The number of thiazole rings is 1. The highest BCUT2D eigenvalue weighted by atomic mass is 32.1. The van der Waals surface area contributed by atoms with Gasteiger partial charge in [0.15, 0.2) is 10.9 Å². The molecule has 0 unspecified atom stereocenters. The minimum absolute atomic E-state index is 0.274. The van der Waals surface area contributed by atoms with Crippen LogP contribution in [0.2, 0.25) is 0 Å². The van der Waals surface area contributed by atoms with Gasteiger partial charge in [-0.1, -0.05) is 18.3 Å². The molecule has 7 heteroatoms. The van der Waals surface area contributed by atoms with Gasteiger partial charge in [-0.2, -0.15) is 0 Å². The first-order chi connectivity index (χ1) is 7.61. The van der Waals surface area contributed by atoms with Crippen molar-refractivity contribution in [3.63, 3.8) is 0 Å². The zero-order valence-corrected chi connectivity index (χ0v) is 9.28. The molecule has 0 amide bonds. The van der Waals surface area contributed by atoms with Gasteiger partial charge in [-0.05, 0) is 12.5 Å². The predicted molar refractivity (Wildman–Crippen MR) is 60.3 cm³/mol. The molecule has 0 aliphatic heterocycles. The zero-order chi connectivity index (χ0) is 11.7. The summed E-state index contributed by atoms with van der Waals surface area (Å²) in [4.78, 5) is 14.8. The molecule has 2 N–H and O–H groups in total. The standard InChI is InChI=1S/C9H9N3O3S/c1-2-5-8(16-9(10)11-5)6-3-4-7(15-6)12(13)14/h3-4H,2H2,1H3,(H2,10,11). The summed E-state index contributed by atoms with van der Waals surface area (Å²) in [6, 6.07) is 2.88. The van der Waals surface area contributed by atoms with E-state index in [0.717, 1.165) is 10.6 Å². The van der Waals surface area contributed by atoms with E-state index in [1.54, 1.807) is 6.07 Å². The summed E-state index contributed by atoms with van der Waals surface area (Å²) in [5.74, 6) is 0.168. The molecule has 2 aromatic heterocycles. The van der Waals surface area contributed by atoms with Gasteiger partial charge < -0.3 is 10.2 Å². The molecule has 0 saturated heterocycles. The lowest BCUT2D eigenvalue weighted by molar-refractivity contribution is -0.401. The maximum absolute atomic E-state index is 10.5. The van der Waals surface area contributed by atoms with Crippen molar-refractivity contribution in [2.45, 2.75) is 13.3 Å². The molecule has 2 rings (SSSR count). The Balaban J connectivity index is 2.45. The van der Waals surface area contributed by atoms with E-state index in [-0.39, 0.29) is 5.88 Å². The van der Waals surface area contributed by atoms with Gasteiger partial charge >= 0.3 is 5.88 Å². The molecule has 0 spiro atoms. The Hall–Kier alpha value is -1.89. The van der Waals surface area contributed by atoms with Gasteiger partial charge in [0.1, 0.15) is 4.92 Å². The lowest BCUT2D eigenvalue weighted by Gasteiger charge is -1.93. The van der Waals surface area contributed by atoms with Crippen LogP contribution in [0.5, 0.6) is 0 Å². The number of nitrogen functional groups attached to an aromatic ring is 1. The maximum atomic E-state index is 10.5. The summed E-state index contributed by atoms with van der Waals surface area (Å²) < 4.78 is 5.10. The van der Waals surface area contributed by atoms with Crippen LogP contribution in [0.1, 0.15) is 12.6 Å². The summed E-state index contributed by atoms with van der Waals surface area (Å²) in [5.41, 5.74) is 6.39. The molecule has 2 aromatic rings. The molecule has 16 heavy (non-hydrogen) atoms. The van der Waals surface area contributed by atoms with Gasteiger partial charge in [0.2, 0.25) is 0 Å². The van der Waals surface area contributed by atoms with Crippen LogP contribution in [0, 0.1) is 10.1 Å². The van der Waals surface area contributed by atoms with Crippen molar-refractivity contribution in [3.8, 4) is 10.6 Å². The summed E-state index contributed by atoms with van der Waals surface area (Å²) in [5, 5.41) is 10.9. The predicted octanol–water partition coefficient (Wildman–Crippen LogP) is 2.46. The number of hydrogen-bond donors (Lipinski definition) is 1. The molecule has 0 fully saturated rings. The highest BCUT2D eigenvalue weighted by Crippen LogP contribution is 2.34. The normalized spacial score (nSPS) is 10.6. The van der Waals surface area contributed by atoms with Gasteiger partial charge in [0.05, 0.1) is 16.6 Å². The van der Waals surface area contributed by atoms with Gasteiger partial charge in [-0.15, -0.1) is 0 Å². The van der Waals surface area contributed by atoms with Crippen molar-refractivity contribution in [2.24, 2.45) is 0 Å². The van der Waals surface area contributed by atoms with Gasteiger partial charge in [-0.25, -0.2) is 4.98 Å². The number of aromatic nitrogens is 1. The van der Waals surface area contributed by atoms with Crippen LogP contribution >= 0.6 is 11.3 Å². The zero-order valence-electron chi connectivity index (χ0n) is 8.47. The van der Waals surface area contributed by atoms with E-state index in [2.05, 4.69) is 4.98 Å². The fraction of sp³-hybridized carbons (Fsp3) is 0.222. The summed E-state index contributed by atoms with van der Waals surface area (Å²) >= 11 is 1.27. The molecule has 6 nitrogen and oxygen atoms in total. The van der Waals surface area contributed by atoms with E-state index < -0.39 is 4.92 Å². The molecule has 0 bridgehead atoms. The number of hydrogen-bond acceptors (Lipinski definition) is 6. The second kappa shape index (κ2) is 3.93. The number of furan rings is 1. The number of nitrogens with two attached hydrogens (primary N) is 1. The number of rotatable bonds is 3. The lowest BCUT2D eigenvalue weighted by atomic mass is 10.2. The second-order valence-corrected chi connectivity index (χ2v) is 4.11. The summed E-state index contributed by atoms with van der Waals surface area (Å²) in [7, 11) is 0. The van der Waals surface area contributed by atoms with Gasteiger partial charge in [0, 0.05) is 0 Å². The second-order valence-electron chi connectivity index (χ2n) is 3.08. The van der Waals surface area contributed by atoms with Crippen molar-refractivity contribution < 1.29 is 9.34 Å². The Labute approximate surface area is 94.9 Å². The molecule has 0 aliphatic carbocycles. The van der Waals surface area contributed by atoms with Crippen LogP contribution < -0.4 is 5.73 Å². The smallest absolute Gasteiger partial charge is 0.400 e. The van der Waals surface area contributed by atoms with E-state index in [1.807, 2.05) is 6.92 Å². The van der Waals surface area contributed by atoms with Crippen molar-refractivity contribution >= 4 is 22.4 Å². The first-order valence-electron chi connectivity index (χ1n) is 4.61. The lowest BCUT2D eigenvalue weighted by Crippen LogP contribution is -1.85. The van der Waals surface area contributed by atoms with E-state index in [1.165, 1.54) is 17.4 Å². The highest BCUT2D eigenvalue weighted by Gasteiger charge is 2.17. The van der Waals surface area contributed by atoms with Crippen LogP contribution in [-0.2, 0) is 6.42 Å². The minimum atomic E-state index is -0.570. The van der Waals surface area contributed by atoms with Crippen molar-refractivity contribution in [2.75, 3.05) is 5.73 Å². The van der Waals surface area contributed by atoms with Gasteiger partial charge in [0.25, 0.3) is 0 Å². The number of aryl methyl sites for hydroxylation is 1. The summed E-state index contributed by atoms with van der Waals surface area (Å²) in [6.07, 6.45) is 0.706. The van der Waals surface area contributed by atoms with Crippen molar-refractivity contribution in [1.82, 2.24) is 4.98 Å². The van der Waals surface area contributed by atoms with E-state index >= 15 is 0 Å². The molecule has 2 heterocycles. The highest BCUT2D eigenvalue weighted by molar-refractivity contribution is 7.18. The first-order valence-corrected chi connectivity index (χ1v) is 5.43. The van der Waals surface area contributed by atoms with Gasteiger partial charge in [-0.3, -0.25) is 10.1 Å².